The standard InChI is InChI=1S/C26H22F6N4O3S/c27-25(28,29)17-4-1-3-16(11-17)21-12-19(35-39-21)20-14-40-24(34-20)15-6-9-36(10-7-15)22(37)13-38-23-18(26(30,31)32)5-2-8-33-23/h1-5,8,11,14-15,21H,6-7,9-10,12-13H2. The van der Waals surface area contributed by atoms with Gasteiger partial charge in [0.25, 0.3) is 5.91 Å². The molecule has 1 saturated heterocycles. The Morgan fingerprint density at radius 1 is 1.07 bits per heavy atom. The topological polar surface area (TPSA) is 76.9 Å². The van der Waals surface area contributed by atoms with Crippen LogP contribution in [0.5, 0.6) is 5.88 Å². The van der Waals surface area contributed by atoms with Crippen LogP contribution in [0.25, 0.3) is 0 Å². The molecule has 1 aromatic carbocycles. The average molecular weight is 585 g/mol. The first kappa shape index (κ1) is 27.9. The van der Waals surface area contributed by atoms with E-state index in [9.17, 15) is 31.1 Å². The number of carbonyl (C=O) groups is 1. The molecule has 14 heteroatoms. The number of hydrogen-bond donors (Lipinski definition) is 0. The Kier molecular flexibility index (Phi) is 7.71. The van der Waals surface area contributed by atoms with E-state index in [1.165, 1.54) is 22.3 Å². The number of hydrogen-bond acceptors (Lipinski definition) is 7. The molecule has 0 saturated carbocycles. The summed E-state index contributed by atoms with van der Waals surface area (Å²) >= 11 is 1.43. The summed E-state index contributed by atoms with van der Waals surface area (Å²) in [5.41, 5.74) is -0.279. The summed E-state index contributed by atoms with van der Waals surface area (Å²) in [5, 5.41) is 6.71. The van der Waals surface area contributed by atoms with E-state index in [1.807, 2.05) is 5.38 Å². The molecule has 0 bridgehead atoms. The van der Waals surface area contributed by atoms with Crippen molar-refractivity contribution in [1.82, 2.24) is 14.9 Å². The van der Waals surface area contributed by atoms with Gasteiger partial charge < -0.3 is 14.5 Å². The zero-order valence-corrected chi connectivity index (χ0v) is 21.5. The highest BCUT2D eigenvalue weighted by Gasteiger charge is 2.36. The van der Waals surface area contributed by atoms with Crippen LogP contribution in [0.1, 0.15) is 58.7 Å². The average Bonchev–Trinajstić information content (AvgIpc) is 3.62. The van der Waals surface area contributed by atoms with Crippen molar-refractivity contribution in [2.24, 2.45) is 5.16 Å². The Balaban J connectivity index is 1.13. The van der Waals surface area contributed by atoms with Gasteiger partial charge in [-0.25, -0.2) is 9.97 Å². The van der Waals surface area contributed by atoms with Gasteiger partial charge in [0.05, 0.1) is 16.3 Å². The molecule has 1 atom stereocenters. The van der Waals surface area contributed by atoms with Crippen LogP contribution in [0.2, 0.25) is 0 Å². The van der Waals surface area contributed by atoms with Gasteiger partial charge >= 0.3 is 12.4 Å². The van der Waals surface area contributed by atoms with Gasteiger partial charge in [0.1, 0.15) is 11.3 Å². The lowest BCUT2D eigenvalue weighted by atomic mass is 9.97. The van der Waals surface area contributed by atoms with Crippen molar-refractivity contribution in [2.45, 2.75) is 43.6 Å². The van der Waals surface area contributed by atoms with Gasteiger partial charge in [-0.15, -0.1) is 11.3 Å². The maximum absolute atomic E-state index is 13.1. The van der Waals surface area contributed by atoms with Crippen molar-refractivity contribution < 1.29 is 40.7 Å². The third-order valence-corrected chi connectivity index (χ3v) is 7.69. The Labute approximate surface area is 228 Å². The van der Waals surface area contributed by atoms with E-state index in [2.05, 4.69) is 15.1 Å². The molecule has 0 spiro atoms. The quantitative estimate of drug-likeness (QED) is 0.322. The molecule has 7 nitrogen and oxygen atoms in total. The van der Waals surface area contributed by atoms with Crippen molar-refractivity contribution in [3.05, 3.63) is 75.4 Å². The zero-order valence-electron chi connectivity index (χ0n) is 20.7. The molecule has 1 amide bonds. The first-order valence-electron chi connectivity index (χ1n) is 12.3. The molecule has 2 aliphatic rings. The first-order chi connectivity index (χ1) is 19.0. The molecule has 0 aliphatic carbocycles. The number of nitrogens with zero attached hydrogens (tertiary/aromatic N) is 4. The van der Waals surface area contributed by atoms with Crippen molar-refractivity contribution in [2.75, 3.05) is 19.7 Å². The summed E-state index contributed by atoms with van der Waals surface area (Å²) in [7, 11) is 0. The van der Waals surface area contributed by atoms with Crippen LogP contribution < -0.4 is 4.74 Å². The molecule has 40 heavy (non-hydrogen) atoms. The second-order valence-electron chi connectivity index (χ2n) is 9.33. The van der Waals surface area contributed by atoms with Crippen LogP contribution in [0, 0.1) is 0 Å². The van der Waals surface area contributed by atoms with E-state index < -0.39 is 48.0 Å². The monoisotopic (exact) mass is 584 g/mol. The Morgan fingerprint density at radius 3 is 2.58 bits per heavy atom. The summed E-state index contributed by atoms with van der Waals surface area (Å²) in [6.45, 7) is 0.217. The maximum atomic E-state index is 13.1. The molecule has 2 aromatic heterocycles. The SMILES string of the molecule is O=C(COc1ncccc1C(F)(F)F)N1CCC(c2nc(C3=NOC(c4cccc(C(F)(F)F)c4)C3)cs2)CC1. The second-order valence-corrected chi connectivity index (χ2v) is 10.2. The fourth-order valence-electron chi connectivity index (χ4n) is 4.55. The first-order valence-corrected chi connectivity index (χ1v) is 13.2. The lowest BCUT2D eigenvalue weighted by molar-refractivity contribution is -0.141. The Morgan fingerprint density at radius 2 is 1.85 bits per heavy atom. The van der Waals surface area contributed by atoms with Gasteiger partial charge in [-0.3, -0.25) is 4.79 Å². The lowest BCUT2D eigenvalue weighted by Gasteiger charge is -2.31. The minimum atomic E-state index is -4.65. The molecular formula is C26H22F6N4O3S. The molecule has 4 heterocycles. The second kappa shape index (κ2) is 11.1. The van der Waals surface area contributed by atoms with E-state index in [1.54, 1.807) is 6.07 Å². The number of halogens is 6. The van der Waals surface area contributed by atoms with Crippen molar-refractivity contribution >= 4 is 23.0 Å². The molecule has 3 aromatic rings. The Hall–Kier alpha value is -3.68. The largest absolute Gasteiger partial charge is 0.467 e. The number of likely N-dealkylation sites (tertiary alicyclic amines) is 1. The number of aromatic nitrogens is 2. The summed E-state index contributed by atoms with van der Waals surface area (Å²) in [4.78, 5) is 27.8. The van der Waals surface area contributed by atoms with Gasteiger partial charge in [-0.1, -0.05) is 17.3 Å². The number of carbonyl (C=O) groups excluding carboxylic acids is 1. The van der Waals surface area contributed by atoms with E-state index in [0.29, 0.717) is 42.9 Å². The molecule has 1 unspecified atom stereocenters. The molecule has 1 fully saturated rings. The van der Waals surface area contributed by atoms with Crippen LogP contribution in [0.4, 0.5) is 26.3 Å². The summed E-state index contributed by atoms with van der Waals surface area (Å²) in [6.07, 6.45) is -7.09. The summed E-state index contributed by atoms with van der Waals surface area (Å²) in [6, 6.07) is 6.95. The van der Waals surface area contributed by atoms with Crippen molar-refractivity contribution in [3.8, 4) is 5.88 Å². The van der Waals surface area contributed by atoms with Gasteiger partial charge in [-0.2, -0.15) is 26.3 Å². The maximum Gasteiger partial charge on any atom is 0.421 e. The van der Waals surface area contributed by atoms with Gasteiger partial charge in [0.2, 0.25) is 5.88 Å². The van der Waals surface area contributed by atoms with Crippen LogP contribution in [-0.2, 0) is 22.0 Å². The molecule has 2 aliphatic heterocycles. The van der Waals surface area contributed by atoms with E-state index >= 15 is 0 Å². The van der Waals surface area contributed by atoms with E-state index in [4.69, 9.17) is 9.57 Å². The zero-order chi connectivity index (χ0) is 28.5. The number of oxime groups is 1. The highest BCUT2D eigenvalue weighted by Crippen LogP contribution is 2.37. The van der Waals surface area contributed by atoms with E-state index in [0.717, 1.165) is 35.5 Å². The third kappa shape index (κ3) is 6.21. The molecule has 0 radical (unpaired) electrons. The predicted molar refractivity (Wildman–Crippen MR) is 132 cm³/mol. The van der Waals surface area contributed by atoms with Crippen LogP contribution in [0.3, 0.4) is 0 Å². The Bertz CT molecular complexity index is 1400. The van der Waals surface area contributed by atoms with Gasteiger partial charge in [-0.05, 0) is 42.7 Å². The number of rotatable bonds is 6. The van der Waals surface area contributed by atoms with Crippen LogP contribution in [-0.4, -0.2) is 46.2 Å². The number of alkyl halides is 6. The van der Waals surface area contributed by atoms with Crippen molar-refractivity contribution in [3.63, 3.8) is 0 Å². The molecule has 212 valence electrons. The minimum Gasteiger partial charge on any atom is -0.467 e. The van der Waals surface area contributed by atoms with Gasteiger partial charge in [0, 0.05) is 37.0 Å². The smallest absolute Gasteiger partial charge is 0.421 e. The minimum absolute atomic E-state index is 0.0681. The summed E-state index contributed by atoms with van der Waals surface area (Å²) < 4.78 is 83.6. The van der Waals surface area contributed by atoms with Crippen LogP contribution in [0.15, 0.2) is 53.1 Å². The normalized spacial score (nSPS) is 18.4. The number of pyridine rings is 1. The number of ether oxygens (including phenoxy) is 1. The van der Waals surface area contributed by atoms with E-state index in [-0.39, 0.29) is 12.3 Å². The van der Waals surface area contributed by atoms with Crippen molar-refractivity contribution in [1.29, 1.82) is 0 Å². The van der Waals surface area contributed by atoms with Gasteiger partial charge in [0.15, 0.2) is 12.7 Å². The number of thiazole rings is 1. The fraction of sp³-hybridized carbons (Fsp3) is 0.385. The third-order valence-electron chi connectivity index (χ3n) is 6.68. The molecule has 0 N–H and O–H groups in total. The predicted octanol–water partition coefficient (Wildman–Crippen LogP) is 6.23. The number of amides is 1. The highest BCUT2D eigenvalue weighted by atomic mass is 32.1. The lowest BCUT2D eigenvalue weighted by Crippen LogP contribution is -2.40. The molecule has 5 rings (SSSR count). The number of benzene rings is 1. The van der Waals surface area contributed by atoms with Crippen LogP contribution >= 0.6 is 11.3 Å². The summed E-state index contributed by atoms with van der Waals surface area (Å²) in [5.74, 6) is -1.00. The fourth-order valence-corrected chi connectivity index (χ4v) is 5.55. The highest BCUT2D eigenvalue weighted by molar-refractivity contribution is 7.10. The molecular weight excluding hydrogens is 562 g/mol. The number of piperidine rings is 1.